The van der Waals surface area contributed by atoms with Crippen molar-refractivity contribution in [2.24, 2.45) is 0 Å². The van der Waals surface area contributed by atoms with E-state index in [4.69, 9.17) is 0 Å². The number of amides is 2. The maximum absolute atomic E-state index is 11.0. The molecule has 2 amide bonds. The molecule has 0 aromatic carbocycles. The maximum Gasteiger partial charge on any atom is 0.345 e. The summed E-state index contributed by atoms with van der Waals surface area (Å²) in [5.41, 5.74) is 0. The third-order valence-corrected chi connectivity index (χ3v) is 1.45. The van der Waals surface area contributed by atoms with E-state index in [1.165, 1.54) is 14.1 Å². The van der Waals surface area contributed by atoms with Gasteiger partial charge in [-0.3, -0.25) is 0 Å². The lowest BCUT2D eigenvalue weighted by Crippen LogP contribution is -3.00. The lowest BCUT2D eigenvalue weighted by Gasteiger charge is -2.19. The molecule has 0 aliphatic rings. The van der Waals surface area contributed by atoms with Gasteiger partial charge in [0, 0.05) is 12.2 Å². The number of imide groups is 1. The first-order chi connectivity index (χ1) is 4.96. The van der Waals surface area contributed by atoms with E-state index in [0.717, 1.165) is 12.2 Å². The minimum Gasteiger partial charge on any atom is -1.00 e. The summed E-state index contributed by atoms with van der Waals surface area (Å²) in [5.74, 6) is -0.676. The number of rotatable bonds is 2. The molecule has 0 bridgehead atoms. The first kappa shape index (κ1) is 13.6. The Labute approximate surface area is 78.4 Å². The quantitative estimate of drug-likeness (QED) is 0.355. The van der Waals surface area contributed by atoms with Gasteiger partial charge in [0.1, 0.15) is 0 Å². The van der Waals surface area contributed by atoms with Crippen molar-refractivity contribution in [1.82, 2.24) is 0 Å². The van der Waals surface area contributed by atoms with Gasteiger partial charge in [-0.1, -0.05) is 13.2 Å². The average Bonchev–Trinajstić information content (AvgIpc) is 2.01. The van der Waals surface area contributed by atoms with Crippen molar-refractivity contribution in [1.29, 1.82) is 0 Å². The molecule has 0 fully saturated rings. The highest BCUT2D eigenvalue weighted by atomic mass is 35.5. The Balaban J connectivity index is 0. The topological polar surface area (TPSA) is 34.1 Å². The summed E-state index contributed by atoms with van der Waals surface area (Å²) in [5, 5.41) is 0. The highest BCUT2D eigenvalue weighted by Gasteiger charge is 2.30. The summed E-state index contributed by atoms with van der Waals surface area (Å²) in [4.78, 5) is 22.0. The van der Waals surface area contributed by atoms with Crippen LogP contribution in [0.2, 0.25) is 0 Å². The van der Waals surface area contributed by atoms with Crippen LogP contribution in [0, 0.1) is 0 Å². The molecule has 0 radical (unpaired) electrons. The third-order valence-electron chi connectivity index (χ3n) is 1.45. The van der Waals surface area contributed by atoms with Crippen LogP contribution in [0.3, 0.4) is 0 Å². The fraction of sp³-hybridized carbons (Fsp3) is 0.250. The van der Waals surface area contributed by atoms with E-state index in [1.807, 2.05) is 0 Å². The van der Waals surface area contributed by atoms with Gasteiger partial charge < -0.3 is 12.4 Å². The van der Waals surface area contributed by atoms with Gasteiger partial charge in [-0.25, -0.2) is 9.59 Å². The van der Waals surface area contributed by atoms with Crippen LogP contribution in [-0.4, -0.2) is 30.4 Å². The van der Waals surface area contributed by atoms with Crippen LogP contribution in [-0.2, 0) is 9.59 Å². The van der Waals surface area contributed by atoms with E-state index in [0.29, 0.717) is 0 Å². The van der Waals surface area contributed by atoms with Crippen LogP contribution in [0.4, 0.5) is 0 Å². The molecule has 0 aliphatic heterocycles. The normalized spacial score (nSPS) is 9.50. The van der Waals surface area contributed by atoms with Crippen molar-refractivity contribution in [2.75, 3.05) is 14.1 Å². The molecule has 0 saturated carbocycles. The number of nitrogens with zero attached hydrogens (tertiary/aromatic N) is 1. The summed E-state index contributed by atoms with van der Waals surface area (Å²) in [6, 6.07) is 0. The Morgan fingerprint density at radius 2 is 1.33 bits per heavy atom. The molecule has 4 heteroatoms. The predicted octanol–water partition coefficient (Wildman–Crippen LogP) is -2.51. The average molecular weight is 190 g/mol. The second-order valence-corrected chi connectivity index (χ2v) is 2.54. The molecule has 0 saturated heterocycles. The number of hydrogen-bond donors (Lipinski definition) is 0. The molecule has 3 nitrogen and oxygen atoms in total. The molecule has 12 heavy (non-hydrogen) atoms. The summed E-state index contributed by atoms with van der Waals surface area (Å²) < 4.78 is -0.354. The first-order valence-electron chi connectivity index (χ1n) is 3.14. The van der Waals surface area contributed by atoms with Gasteiger partial charge in [0.2, 0.25) is 0 Å². The van der Waals surface area contributed by atoms with Crippen molar-refractivity contribution >= 4 is 11.8 Å². The summed E-state index contributed by atoms with van der Waals surface area (Å²) >= 11 is 0. The van der Waals surface area contributed by atoms with Gasteiger partial charge in [0.25, 0.3) is 0 Å². The molecule has 0 atom stereocenters. The van der Waals surface area contributed by atoms with Gasteiger partial charge in [-0.2, -0.15) is 4.48 Å². The fourth-order valence-electron chi connectivity index (χ4n) is 0.565. The number of carbonyl (C=O) groups excluding carboxylic acids is 2. The number of carbonyl (C=O) groups is 2. The Morgan fingerprint density at radius 3 is 1.50 bits per heavy atom. The van der Waals surface area contributed by atoms with E-state index >= 15 is 0 Å². The monoisotopic (exact) mass is 189 g/mol. The zero-order chi connectivity index (χ0) is 9.07. The summed E-state index contributed by atoms with van der Waals surface area (Å²) in [6.07, 6.45) is 2.25. The molecule has 0 N–H and O–H groups in total. The van der Waals surface area contributed by atoms with Gasteiger partial charge in [0.15, 0.2) is 0 Å². The Kier molecular flexibility index (Phi) is 5.51. The highest BCUT2D eigenvalue weighted by Crippen LogP contribution is 2.00. The van der Waals surface area contributed by atoms with Crippen LogP contribution in [0.5, 0.6) is 0 Å². The molecule has 0 spiro atoms. The highest BCUT2D eigenvalue weighted by molar-refractivity contribution is 5.94. The first-order valence-corrected chi connectivity index (χ1v) is 3.14. The summed E-state index contributed by atoms with van der Waals surface area (Å²) in [6.45, 7) is 6.58. The van der Waals surface area contributed by atoms with Crippen LogP contribution >= 0.6 is 0 Å². The largest absolute Gasteiger partial charge is 1.00 e. The molecule has 0 aromatic heterocycles. The predicted molar refractivity (Wildman–Crippen MR) is 42.5 cm³/mol. The maximum atomic E-state index is 11.0. The molecular formula is C8H12ClNO2. The smallest absolute Gasteiger partial charge is 0.345 e. The fourth-order valence-corrected chi connectivity index (χ4v) is 0.565. The number of quaternary nitrogens is 1. The van der Waals surface area contributed by atoms with Crippen LogP contribution in [0.15, 0.2) is 25.3 Å². The van der Waals surface area contributed by atoms with Crippen LogP contribution in [0.1, 0.15) is 0 Å². The SMILES string of the molecule is C=CC(=O)[N+](C)(C)C(=O)C=C.[Cl-]. The van der Waals surface area contributed by atoms with Gasteiger partial charge >= 0.3 is 11.8 Å². The van der Waals surface area contributed by atoms with Gasteiger partial charge in [-0.15, -0.1) is 0 Å². The van der Waals surface area contributed by atoms with E-state index < -0.39 is 0 Å². The lowest BCUT2D eigenvalue weighted by atomic mass is 10.4. The second kappa shape index (κ2) is 4.85. The number of halogens is 1. The lowest BCUT2D eigenvalue weighted by molar-refractivity contribution is -0.729. The van der Waals surface area contributed by atoms with Crippen molar-refractivity contribution < 1.29 is 26.5 Å². The number of hydrogen-bond acceptors (Lipinski definition) is 2. The molecule has 0 rings (SSSR count). The summed E-state index contributed by atoms with van der Waals surface area (Å²) in [7, 11) is 2.99. The second-order valence-electron chi connectivity index (χ2n) is 2.54. The molecule has 68 valence electrons. The Bertz CT molecular complexity index is 199. The van der Waals surface area contributed by atoms with Crippen molar-refractivity contribution in [2.45, 2.75) is 0 Å². The zero-order valence-corrected chi connectivity index (χ0v) is 7.97. The van der Waals surface area contributed by atoms with Crippen molar-refractivity contribution in [3.05, 3.63) is 25.3 Å². The van der Waals surface area contributed by atoms with Crippen molar-refractivity contribution in [3.63, 3.8) is 0 Å². The standard InChI is InChI=1S/C8H12NO2.ClH/c1-5-7(10)9(3,4)8(11)6-2;/h5-6H,1-2H2,3-4H3;1H/q+1;/p-1. The van der Waals surface area contributed by atoms with E-state index in [1.54, 1.807) is 0 Å². The molecular weight excluding hydrogens is 178 g/mol. The Hall–Kier alpha value is -0.930. The molecule has 0 heterocycles. The minimum absolute atomic E-state index is 0. The van der Waals surface area contributed by atoms with Gasteiger partial charge in [-0.05, 0) is 0 Å². The van der Waals surface area contributed by atoms with Crippen molar-refractivity contribution in [3.8, 4) is 0 Å². The molecule has 0 aromatic rings. The number of likely N-dealkylation sites (N-methyl/N-ethyl adjacent to an activating group) is 1. The van der Waals surface area contributed by atoms with E-state index in [9.17, 15) is 9.59 Å². The van der Waals surface area contributed by atoms with Crippen LogP contribution < -0.4 is 12.4 Å². The molecule has 0 unspecified atom stereocenters. The Morgan fingerprint density at radius 1 is 1.08 bits per heavy atom. The van der Waals surface area contributed by atoms with Gasteiger partial charge in [0.05, 0.1) is 14.1 Å². The third kappa shape index (κ3) is 2.60. The van der Waals surface area contributed by atoms with E-state index in [-0.39, 0.29) is 28.7 Å². The molecule has 0 aliphatic carbocycles. The van der Waals surface area contributed by atoms with Crippen LogP contribution in [0.25, 0.3) is 0 Å². The minimum atomic E-state index is -0.354. The zero-order valence-electron chi connectivity index (χ0n) is 7.21. The van der Waals surface area contributed by atoms with E-state index in [2.05, 4.69) is 13.2 Å².